The summed E-state index contributed by atoms with van der Waals surface area (Å²) in [6, 6.07) is 8.26. The predicted octanol–water partition coefficient (Wildman–Crippen LogP) is 6.92. The molecule has 4 aromatic rings. The fourth-order valence-electron chi connectivity index (χ4n) is 4.79. The molecule has 0 aromatic carbocycles. The molecule has 0 radical (unpaired) electrons. The second-order valence-electron chi connectivity index (χ2n) is 9.99. The van der Waals surface area contributed by atoms with Crippen LogP contribution in [-0.2, 0) is 0 Å². The first-order valence-electron chi connectivity index (χ1n) is 13.0. The van der Waals surface area contributed by atoms with Gasteiger partial charge in [-0.2, -0.15) is 5.10 Å². The lowest BCUT2D eigenvalue weighted by Crippen LogP contribution is -2.28. The van der Waals surface area contributed by atoms with E-state index in [9.17, 15) is 0 Å². The molecule has 0 bridgehead atoms. The molecule has 0 atom stereocenters. The molecule has 37 heavy (non-hydrogen) atoms. The minimum atomic E-state index is 0.331. The number of allylic oxidation sites excluding steroid dienone is 3. The third-order valence-corrected chi connectivity index (χ3v) is 6.96. The first-order valence-corrected chi connectivity index (χ1v) is 13.0. The van der Waals surface area contributed by atoms with Crippen LogP contribution in [0.15, 0.2) is 67.7 Å². The van der Waals surface area contributed by atoms with Crippen LogP contribution in [0, 0.1) is 12.8 Å². The molecule has 7 nitrogen and oxygen atoms in total. The number of hydrogen-bond acceptors (Lipinski definition) is 5. The molecule has 1 aliphatic rings. The number of pyridine rings is 2. The largest absolute Gasteiger partial charge is 0.371 e. The van der Waals surface area contributed by atoms with Gasteiger partial charge in [0.15, 0.2) is 0 Å². The predicted molar refractivity (Wildman–Crippen MR) is 153 cm³/mol. The molecule has 5 heterocycles. The molecule has 7 heteroatoms. The number of fused-ring (bicyclic) bond motifs is 1. The van der Waals surface area contributed by atoms with Crippen molar-refractivity contribution in [2.24, 2.45) is 5.92 Å². The van der Waals surface area contributed by atoms with Gasteiger partial charge < -0.3 is 15.2 Å². The van der Waals surface area contributed by atoms with Gasteiger partial charge in [0, 0.05) is 47.5 Å². The van der Waals surface area contributed by atoms with Crippen LogP contribution in [0.25, 0.3) is 39.4 Å². The highest BCUT2D eigenvalue weighted by molar-refractivity contribution is 5.91. The maximum atomic E-state index is 5.00. The van der Waals surface area contributed by atoms with Crippen LogP contribution in [0.5, 0.6) is 0 Å². The van der Waals surface area contributed by atoms with E-state index in [0.717, 1.165) is 63.8 Å². The Hall–Kier alpha value is -4.13. The molecular weight excluding hydrogens is 458 g/mol. The number of nitrogens with zero attached hydrogens (tertiary/aromatic N) is 4. The van der Waals surface area contributed by atoms with Crippen LogP contribution in [0.3, 0.4) is 0 Å². The lowest BCUT2D eigenvalue weighted by molar-refractivity contribution is 0.326. The SMILES string of the molecule is C=C/C=C(\c1cc(-c2n[nH]c3ccc(-c4cncc(NC(=C)C(C)C)c4)nc23)[nH]c1C)N1CCCCC1. The van der Waals surface area contributed by atoms with Crippen molar-refractivity contribution in [3.05, 3.63) is 78.9 Å². The second kappa shape index (κ2) is 10.5. The van der Waals surface area contributed by atoms with Gasteiger partial charge in [0.2, 0.25) is 0 Å². The van der Waals surface area contributed by atoms with Gasteiger partial charge in [-0.05, 0) is 62.4 Å². The van der Waals surface area contributed by atoms with E-state index in [1.807, 2.05) is 24.4 Å². The number of aryl methyl sites for hydroxylation is 1. The normalized spacial score (nSPS) is 14.4. The maximum absolute atomic E-state index is 5.00. The van der Waals surface area contributed by atoms with Crippen molar-refractivity contribution < 1.29 is 0 Å². The van der Waals surface area contributed by atoms with Crippen molar-refractivity contribution in [2.75, 3.05) is 18.4 Å². The number of aromatic amines is 2. The Balaban J connectivity index is 1.50. The third kappa shape index (κ3) is 5.07. The van der Waals surface area contributed by atoms with Crippen molar-refractivity contribution >= 4 is 22.4 Å². The highest BCUT2D eigenvalue weighted by Crippen LogP contribution is 2.33. The molecule has 0 saturated carbocycles. The highest BCUT2D eigenvalue weighted by atomic mass is 15.1. The summed E-state index contributed by atoms with van der Waals surface area (Å²) in [5, 5.41) is 11.1. The van der Waals surface area contributed by atoms with Gasteiger partial charge in [-0.15, -0.1) is 0 Å². The summed E-state index contributed by atoms with van der Waals surface area (Å²) in [4.78, 5) is 15.5. The first kappa shape index (κ1) is 24.6. The summed E-state index contributed by atoms with van der Waals surface area (Å²) < 4.78 is 0. The summed E-state index contributed by atoms with van der Waals surface area (Å²) in [6.45, 7) is 16.6. The van der Waals surface area contributed by atoms with E-state index in [1.54, 1.807) is 6.20 Å². The topological polar surface area (TPSA) is 85.5 Å². The van der Waals surface area contributed by atoms with Gasteiger partial charge in [0.05, 0.1) is 28.8 Å². The van der Waals surface area contributed by atoms with Crippen LogP contribution in [0.2, 0.25) is 0 Å². The number of aromatic nitrogens is 5. The molecule has 0 amide bonds. The molecule has 3 N–H and O–H groups in total. The number of piperidine rings is 1. The quantitative estimate of drug-likeness (QED) is 0.232. The molecule has 1 aliphatic heterocycles. The zero-order valence-electron chi connectivity index (χ0n) is 21.9. The summed E-state index contributed by atoms with van der Waals surface area (Å²) in [5.41, 5.74) is 10.6. The number of H-pyrrole nitrogens is 2. The number of likely N-dealkylation sites (tertiary alicyclic amines) is 1. The molecule has 0 aliphatic carbocycles. The van der Waals surface area contributed by atoms with Crippen molar-refractivity contribution in [3.8, 4) is 22.6 Å². The molecule has 1 fully saturated rings. The molecule has 0 unspecified atom stereocenters. The summed E-state index contributed by atoms with van der Waals surface area (Å²) >= 11 is 0. The first-order chi connectivity index (χ1) is 17.9. The lowest BCUT2D eigenvalue weighted by atomic mass is 10.1. The van der Waals surface area contributed by atoms with Crippen molar-refractivity contribution in [2.45, 2.75) is 40.0 Å². The third-order valence-electron chi connectivity index (χ3n) is 6.96. The molecule has 1 saturated heterocycles. The Morgan fingerprint density at radius 1 is 1.14 bits per heavy atom. The van der Waals surface area contributed by atoms with E-state index in [-0.39, 0.29) is 0 Å². The Labute approximate surface area is 218 Å². The fourth-order valence-corrected chi connectivity index (χ4v) is 4.79. The average molecular weight is 494 g/mol. The lowest BCUT2D eigenvalue weighted by Gasteiger charge is -2.31. The molecule has 5 rings (SSSR count). The van der Waals surface area contributed by atoms with E-state index in [2.05, 4.69) is 82.5 Å². The minimum Gasteiger partial charge on any atom is -0.371 e. The zero-order valence-corrected chi connectivity index (χ0v) is 21.9. The van der Waals surface area contributed by atoms with Crippen molar-refractivity contribution in [1.82, 2.24) is 30.0 Å². The number of nitrogens with one attached hydrogen (secondary N) is 3. The number of anilines is 1. The number of rotatable bonds is 8. The molecule has 4 aromatic heterocycles. The van der Waals surface area contributed by atoms with E-state index >= 15 is 0 Å². The smallest absolute Gasteiger partial charge is 0.135 e. The van der Waals surface area contributed by atoms with Gasteiger partial charge in [-0.3, -0.25) is 10.1 Å². The van der Waals surface area contributed by atoms with Crippen molar-refractivity contribution in [3.63, 3.8) is 0 Å². The Morgan fingerprint density at radius 2 is 1.95 bits per heavy atom. The number of hydrogen-bond donors (Lipinski definition) is 3. The Morgan fingerprint density at radius 3 is 2.70 bits per heavy atom. The van der Waals surface area contributed by atoms with Gasteiger partial charge in [-0.25, -0.2) is 4.98 Å². The molecular formula is C30H35N7. The highest BCUT2D eigenvalue weighted by Gasteiger charge is 2.20. The Kier molecular flexibility index (Phi) is 6.95. The average Bonchev–Trinajstić information content (AvgIpc) is 3.50. The van der Waals surface area contributed by atoms with Gasteiger partial charge in [0.1, 0.15) is 11.2 Å². The van der Waals surface area contributed by atoms with Gasteiger partial charge in [-0.1, -0.05) is 33.1 Å². The van der Waals surface area contributed by atoms with Crippen LogP contribution >= 0.6 is 0 Å². The van der Waals surface area contributed by atoms with E-state index in [1.165, 1.54) is 30.5 Å². The summed E-state index contributed by atoms with van der Waals surface area (Å²) in [5.74, 6) is 0.331. The molecule has 0 spiro atoms. The van der Waals surface area contributed by atoms with Gasteiger partial charge >= 0.3 is 0 Å². The van der Waals surface area contributed by atoms with Crippen LogP contribution in [-0.4, -0.2) is 43.1 Å². The molecule has 190 valence electrons. The van der Waals surface area contributed by atoms with Crippen LogP contribution in [0.1, 0.15) is 44.4 Å². The zero-order chi connectivity index (χ0) is 25.9. The monoisotopic (exact) mass is 493 g/mol. The Bertz CT molecular complexity index is 1460. The summed E-state index contributed by atoms with van der Waals surface area (Å²) in [6.07, 6.45) is 11.4. The van der Waals surface area contributed by atoms with E-state index < -0.39 is 0 Å². The minimum absolute atomic E-state index is 0.331. The second-order valence-corrected chi connectivity index (χ2v) is 9.99. The van der Waals surface area contributed by atoms with E-state index in [0.29, 0.717) is 5.92 Å². The standard InChI is InChI=1S/C30H35N7/c1-6-10-28(37-13-8-7-9-14-37)24-16-27(33-21(24)5)30-29-26(35-36-30)12-11-25(34-29)22-15-23(18-31-17-22)32-20(4)19(2)3/h6,10-12,15-19,32-33H,1,4,7-9,13-14H2,2-3,5H3,(H,35,36)/b28-10+. The van der Waals surface area contributed by atoms with Crippen LogP contribution in [0.4, 0.5) is 5.69 Å². The van der Waals surface area contributed by atoms with Gasteiger partial charge in [0.25, 0.3) is 0 Å². The fraction of sp³-hybridized carbons (Fsp3) is 0.300. The summed E-state index contributed by atoms with van der Waals surface area (Å²) in [7, 11) is 0. The maximum Gasteiger partial charge on any atom is 0.135 e. The van der Waals surface area contributed by atoms with Crippen molar-refractivity contribution in [1.29, 1.82) is 0 Å². The van der Waals surface area contributed by atoms with E-state index in [4.69, 9.17) is 4.98 Å². The van der Waals surface area contributed by atoms with Crippen LogP contribution < -0.4 is 5.32 Å².